The van der Waals surface area contributed by atoms with Crippen LogP contribution in [-0.2, 0) is 36.8 Å². The Balaban J connectivity index is 0.000000258. The summed E-state index contributed by atoms with van der Waals surface area (Å²) in [7, 11) is 1.29. The molecule has 4 amide bonds. The van der Waals surface area contributed by atoms with Crippen LogP contribution in [0.25, 0.3) is 22.2 Å². The molecule has 4 aromatic rings. The van der Waals surface area contributed by atoms with Crippen molar-refractivity contribution in [2.75, 3.05) is 7.11 Å². The Bertz CT molecular complexity index is 2150. The number of barbiturate groups is 1. The van der Waals surface area contributed by atoms with E-state index in [0.29, 0.717) is 30.4 Å². The first-order chi connectivity index (χ1) is 25.6. The number of aromatic nitrogens is 4. The average molecular weight is 759 g/mol. The molecule has 4 aromatic heterocycles. The molecule has 0 bridgehead atoms. The highest BCUT2D eigenvalue weighted by atomic mass is 16.5. The van der Waals surface area contributed by atoms with Crippen molar-refractivity contribution in [3.63, 3.8) is 0 Å². The molecule has 0 atom stereocenters. The number of esters is 1. The maximum Gasteiger partial charge on any atom is 0.337 e. The summed E-state index contributed by atoms with van der Waals surface area (Å²) in [4.78, 5) is 129. The van der Waals surface area contributed by atoms with Crippen LogP contribution < -0.4 is 44.4 Å². The highest BCUT2D eigenvalue weighted by Crippen LogP contribution is 2.13. The van der Waals surface area contributed by atoms with Crippen molar-refractivity contribution in [2.24, 2.45) is 0 Å². The molecule has 5 heterocycles. The van der Waals surface area contributed by atoms with E-state index in [0.717, 1.165) is 38.5 Å². The van der Waals surface area contributed by atoms with Gasteiger partial charge in [0, 0.05) is 18.6 Å². The maximum absolute atomic E-state index is 11.7. The van der Waals surface area contributed by atoms with Gasteiger partial charge < -0.3 is 13.6 Å². The lowest BCUT2D eigenvalue weighted by molar-refractivity contribution is -0.143. The number of urea groups is 1. The molecular weight excluding hydrogens is 716 g/mol. The van der Waals surface area contributed by atoms with E-state index in [9.17, 15) is 52.7 Å². The number of amides is 4. The number of nitrogens with one attached hydrogen (secondary N) is 6. The molecule has 1 fully saturated rings. The van der Waals surface area contributed by atoms with Gasteiger partial charge in [-0.2, -0.15) is 0 Å². The Hall–Kier alpha value is -6.47. The van der Waals surface area contributed by atoms with Crippen LogP contribution in [0.3, 0.4) is 0 Å². The number of aryl methyl sites for hydroxylation is 2. The standard InChI is InChI=1S/2C11H12N2O4.C8H14O3.C4H4N2O3/c2*1-2-3-4-6-5-7(14)17-10-8(6)9(15)12-11(16)13-10;1-3-4-5-7(9)6-8(10)11-2;7-2-1-3(8)6-4(9)5-2/h2*5H,2-4H2,1H3,(H2,12,13,15,16);3-6H2,1-2H3;1H2,(H2,5,6,7,8,9). The Morgan fingerprint density at radius 3 is 1.44 bits per heavy atom. The Morgan fingerprint density at radius 1 is 0.648 bits per heavy atom. The fourth-order valence-electron chi connectivity index (χ4n) is 4.70. The van der Waals surface area contributed by atoms with E-state index in [-0.39, 0.29) is 40.8 Å². The molecule has 0 saturated carbocycles. The number of aromatic amines is 4. The second-order valence-electron chi connectivity index (χ2n) is 11.6. The van der Waals surface area contributed by atoms with Crippen LogP contribution in [0.2, 0.25) is 0 Å². The minimum atomic E-state index is -0.740. The Morgan fingerprint density at radius 2 is 1.07 bits per heavy atom. The number of imide groups is 2. The van der Waals surface area contributed by atoms with Crippen LogP contribution in [0.4, 0.5) is 4.79 Å². The fraction of sp³-hybridized carbons (Fsp3) is 0.441. The van der Waals surface area contributed by atoms with Crippen LogP contribution in [0.1, 0.15) is 89.7 Å². The second kappa shape index (κ2) is 21.8. The number of rotatable bonds is 11. The lowest BCUT2D eigenvalue weighted by Crippen LogP contribution is -2.49. The number of hydrogen-bond donors (Lipinski definition) is 6. The summed E-state index contributed by atoms with van der Waals surface area (Å²) in [5.74, 6) is -1.57. The van der Waals surface area contributed by atoms with Gasteiger partial charge in [0.2, 0.25) is 23.2 Å². The molecule has 5 rings (SSSR count). The molecule has 1 aliphatic heterocycles. The van der Waals surface area contributed by atoms with Crippen LogP contribution in [0, 0.1) is 0 Å². The molecule has 1 aliphatic rings. The number of carbonyl (C=O) groups excluding carboxylic acids is 5. The number of fused-ring (bicyclic) bond motifs is 2. The van der Waals surface area contributed by atoms with Crippen LogP contribution in [0.5, 0.6) is 0 Å². The minimum Gasteiger partial charge on any atom is -0.469 e. The summed E-state index contributed by atoms with van der Waals surface area (Å²) >= 11 is 0. The molecule has 20 nitrogen and oxygen atoms in total. The van der Waals surface area contributed by atoms with Crippen LogP contribution in [0.15, 0.2) is 49.7 Å². The van der Waals surface area contributed by atoms with Crippen LogP contribution >= 0.6 is 0 Å². The van der Waals surface area contributed by atoms with Crippen molar-refractivity contribution in [3.05, 3.63) is 85.8 Å². The number of carbonyl (C=O) groups is 5. The summed E-state index contributed by atoms with van der Waals surface area (Å²) in [6, 6.07) is 1.85. The predicted molar refractivity (Wildman–Crippen MR) is 192 cm³/mol. The van der Waals surface area contributed by atoms with Gasteiger partial charge in [-0.05, 0) is 43.2 Å². The summed E-state index contributed by atoms with van der Waals surface area (Å²) in [5.41, 5.74) is -2.45. The third-order valence-corrected chi connectivity index (χ3v) is 7.25. The largest absolute Gasteiger partial charge is 0.469 e. The SMILES string of the molecule is CCCCC(=O)CC(=O)OC.CCCCc1cc(=O)oc2[nH]c(=O)[nH]c(=O)c12.CCCCc1cc(=O)oc2[nH]c(=O)[nH]c(=O)c12.O=C1CC(=O)NC(=O)N1. The average Bonchev–Trinajstić information content (AvgIpc) is 3.08. The fourth-order valence-corrected chi connectivity index (χ4v) is 4.70. The number of Topliss-reactive ketones (excluding diaryl/α,β-unsaturated/α-hetero) is 1. The molecule has 1 saturated heterocycles. The van der Waals surface area contributed by atoms with Gasteiger partial charge in [0.05, 0.1) is 7.11 Å². The molecular formula is C34H42N6O14. The van der Waals surface area contributed by atoms with Crippen molar-refractivity contribution in [2.45, 2.75) is 91.4 Å². The highest BCUT2D eigenvalue weighted by Gasteiger charge is 2.20. The lowest BCUT2D eigenvalue weighted by atomic mass is 10.1. The number of methoxy groups -OCH3 is 1. The molecule has 0 unspecified atom stereocenters. The zero-order chi connectivity index (χ0) is 40.4. The summed E-state index contributed by atoms with van der Waals surface area (Å²) in [5, 5.41) is 4.30. The molecule has 0 aromatic carbocycles. The van der Waals surface area contributed by atoms with Crippen molar-refractivity contribution in [3.8, 4) is 0 Å². The Labute approximate surface area is 304 Å². The zero-order valence-corrected chi connectivity index (χ0v) is 30.1. The summed E-state index contributed by atoms with van der Waals surface area (Å²) < 4.78 is 14.0. The third-order valence-electron chi connectivity index (χ3n) is 7.25. The molecule has 292 valence electrons. The van der Waals surface area contributed by atoms with E-state index in [2.05, 4.69) is 24.7 Å². The van der Waals surface area contributed by atoms with Crippen molar-refractivity contribution in [1.82, 2.24) is 30.6 Å². The molecule has 0 aliphatic carbocycles. The van der Waals surface area contributed by atoms with Gasteiger partial charge in [0.25, 0.3) is 11.1 Å². The number of ketones is 1. The van der Waals surface area contributed by atoms with Gasteiger partial charge in [-0.15, -0.1) is 0 Å². The Kier molecular flexibility index (Phi) is 17.6. The first-order valence-corrected chi connectivity index (χ1v) is 16.9. The first-order valence-electron chi connectivity index (χ1n) is 16.9. The zero-order valence-electron chi connectivity index (χ0n) is 30.1. The summed E-state index contributed by atoms with van der Waals surface area (Å²) in [6.07, 6.45) is 6.82. The quantitative estimate of drug-likeness (QED) is 0.0921. The normalized spacial score (nSPS) is 11.9. The molecule has 0 radical (unpaired) electrons. The van der Waals surface area contributed by atoms with Crippen molar-refractivity contribution < 1.29 is 37.5 Å². The van der Waals surface area contributed by atoms with Crippen molar-refractivity contribution >= 4 is 51.8 Å². The van der Waals surface area contributed by atoms with Gasteiger partial charge in [0.1, 0.15) is 29.4 Å². The van der Waals surface area contributed by atoms with Gasteiger partial charge in [-0.25, -0.2) is 24.0 Å². The van der Waals surface area contributed by atoms with E-state index in [4.69, 9.17) is 8.83 Å². The molecule has 20 heteroatoms. The highest BCUT2D eigenvalue weighted by molar-refractivity contribution is 6.14. The van der Waals surface area contributed by atoms with E-state index >= 15 is 0 Å². The first kappa shape index (κ1) is 43.7. The smallest absolute Gasteiger partial charge is 0.337 e. The summed E-state index contributed by atoms with van der Waals surface area (Å²) in [6.45, 7) is 6.03. The molecule has 54 heavy (non-hydrogen) atoms. The number of unbranched alkanes of at least 4 members (excludes halogenated alkanes) is 3. The topological polar surface area (TPSA) is 310 Å². The molecule has 6 N–H and O–H groups in total. The minimum absolute atomic E-state index is 0.0290. The third kappa shape index (κ3) is 14.3. The van der Waals surface area contributed by atoms with E-state index in [1.807, 2.05) is 31.4 Å². The monoisotopic (exact) mass is 758 g/mol. The second-order valence-corrected chi connectivity index (χ2v) is 11.6. The number of hydrogen-bond acceptors (Lipinski definition) is 14. The van der Waals surface area contributed by atoms with E-state index in [1.165, 1.54) is 19.2 Å². The van der Waals surface area contributed by atoms with Gasteiger partial charge in [-0.3, -0.25) is 59.3 Å². The number of H-pyrrole nitrogens is 4. The number of ether oxygens (including phenoxy) is 1. The predicted octanol–water partition coefficient (Wildman–Crippen LogP) is 1.08. The van der Waals surface area contributed by atoms with Gasteiger partial charge in [0.15, 0.2) is 0 Å². The van der Waals surface area contributed by atoms with Crippen molar-refractivity contribution in [1.29, 1.82) is 0 Å². The van der Waals surface area contributed by atoms with Gasteiger partial charge >= 0.3 is 34.6 Å². The lowest BCUT2D eigenvalue weighted by Gasteiger charge is -2.09. The van der Waals surface area contributed by atoms with Crippen LogP contribution in [-0.4, -0.2) is 56.6 Å². The van der Waals surface area contributed by atoms with E-state index < -0.39 is 57.6 Å². The van der Waals surface area contributed by atoms with E-state index in [1.54, 1.807) is 0 Å². The molecule has 0 spiro atoms. The maximum atomic E-state index is 11.7. The van der Waals surface area contributed by atoms with Gasteiger partial charge in [-0.1, -0.05) is 40.0 Å².